The molecule has 0 aromatic heterocycles. The SMILES string of the molecule is COc1ccc(S[C@H]2C[C@@H]3CN(CCc4ccc(O)cc4)C[C@@H]3C2)cc1. The van der Waals surface area contributed by atoms with Gasteiger partial charge in [-0.3, -0.25) is 0 Å². The number of ether oxygens (including phenoxy) is 1. The Morgan fingerprint density at radius 3 is 2.27 bits per heavy atom. The van der Waals surface area contributed by atoms with E-state index < -0.39 is 0 Å². The first-order valence-corrected chi connectivity index (χ1v) is 10.4. The van der Waals surface area contributed by atoms with Crippen LogP contribution in [0.5, 0.6) is 11.5 Å². The Balaban J connectivity index is 1.24. The molecule has 2 aromatic rings. The third kappa shape index (κ3) is 4.18. The molecule has 0 amide bonds. The summed E-state index contributed by atoms with van der Waals surface area (Å²) in [6.45, 7) is 3.64. The van der Waals surface area contributed by atoms with Crippen molar-refractivity contribution in [3.63, 3.8) is 0 Å². The summed E-state index contributed by atoms with van der Waals surface area (Å²) in [6, 6.07) is 16.1. The first kappa shape index (κ1) is 17.7. The number of rotatable bonds is 6. The number of nitrogens with zero attached hydrogens (tertiary/aromatic N) is 1. The van der Waals surface area contributed by atoms with Crippen LogP contribution >= 0.6 is 11.8 Å². The normalized spacial score (nSPS) is 25.3. The van der Waals surface area contributed by atoms with Crippen molar-refractivity contribution in [2.45, 2.75) is 29.4 Å². The van der Waals surface area contributed by atoms with Gasteiger partial charge < -0.3 is 14.7 Å². The van der Waals surface area contributed by atoms with Gasteiger partial charge in [0.1, 0.15) is 11.5 Å². The quantitative estimate of drug-likeness (QED) is 0.816. The highest BCUT2D eigenvalue weighted by Crippen LogP contribution is 2.45. The molecule has 4 rings (SSSR count). The van der Waals surface area contributed by atoms with Gasteiger partial charge in [0.05, 0.1) is 7.11 Å². The highest BCUT2D eigenvalue weighted by atomic mass is 32.2. The molecule has 1 N–H and O–H groups in total. The maximum atomic E-state index is 9.38. The van der Waals surface area contributed by atoms with Gasteiger partial charge in [-0.25, -0.2) is 0 Å². The number of likely N-dealkylation sites (tertiary alicyclic amines) is 1. The molecule has 0 unspecified atom stereocenters. The zero-order valence-corrected chi connectivity index (χ0v) is 16.1. The van der Waals surface area contributed by atoms with Crippen LogP contribution in [0.2, 0.25) is 0 Å². The Morgan fingerprint density at radius 1 is 1.00 bits per heavy atom. The Labute approximate surface area is 160 Å². The molecule has 1 aliphatic heterocycles. The molecular formula is C22H27NO2S. The summed E-state index contributed by atoms with van der Waals surface area (Å²) in [5.74, 6) is 3.02. The predicted molar refractivity (Wildman–Crippen MR) is 107 cm³/mol. The van der Waals surface area contributed by atoms with E-state index in [1.54, 1.807) is 19.2 Å². The van der Waals surface area contributed by atoms with Crippen molar-refractivity contribution in [1.29, 1.82) is 0 Å². The van der Waals surface area contributed by atoms with Crippen LogP contribution in [0.25, 0.3) is 0 Å². The van der Waals surface area contributed by atoms with Gasteiger partial charge in [0.25, 0.3) is 0 Å². The van der Waals surface area contributed by atoms with E-state index >= 15 is 0 Å². The highest BCUT2D eigenvalue weighted by Gasteiger charge is 2.40. The molecule has 26 heavy (non-hydrogen) atoms. The lowest BCUT2D eigenvalue weighted by Crippen LogP contribution is -2.25. The number of methoxy groups -OCH3 is 1. The van der Waals surface area contributed by atoms with Crippen LogP contribution in [0.4, 0.5) is 0 Å². The average molecular weight is 370 g/mol. The molecular weight excluding hydrogens is 342 g/mol. The molecule has 0 bridgehead atoms. The second-order valence-corrected chi connectivity index (χ2v) is 8.96. The fourth-order valence-electron chi connectivity index (χ4n) is 4.42. The number of aromatic hydroxyl groups is 1. The molecule has 0 radical (unpaired) electrons. The number of benzene rings is 2. The van der Waals surface area contributed by atoms with Crippen molar-refractivity contribution in [2.24, 2.45) is 11.8 Å². The summed E-state index contributed by atoms with van der Waals surface area (Å²) in [5, 5.41) is 10.1. The van der Waals surface area contributed by atoms with Gasteiger partial charge in [0.15, 0.2) is 0 Å². The van der Waals surface area contributed by atoms with Gasteiger partial charge in [0, 0.05) is 29.8 Å². The standard InChI is InChI=1S/C22H27NO2S/c1-25-20-6-8-21(9-7-20)26-22-12-17-14-23(15-18(17)13-22)11-10-16-2-4-19(24)5-3-16/h2-9,17-18,22,24H,10-15H2,1H3/t17-,18+,22+. The molecule has 2 aromatic carbocycles. The van der Waals surface area contributed by atoms with E-state index in [0.29, 0.717) is 5.75 Å². The lowest BCUT2D eigenvalue weighted by Gasteiger charge is -2.19. The van der Waals surface area contributed by atoms with Crippen LogP contribution in [0.1, 0.15) is 18.4 Å². The van der Waals surface area contributed by atoms with Gasteiger partial charge in [-0.1, -0.05) is 12.1 Å². The first-order valence-electron chi connectivity index (χ1n) is 9.50. The summed E-state index contributed by atoms with van der Waals surface area (Å²) in [7, 11) is 1.72. The van der Waals surface area contributed by atoms with Gasteiger partial charge >= 0.3 is 0 Å². The molecule has 0 spiro atoms. The summed E-state index contributed by atoms with van der Waals surface area (Å²) >= 11 is 2.04. The van der Waals surface area contributed by atoms with Crippen LogP contribution in [-0.2, 0) is 6.42 Å². The first-order chi connectivity index (χ1) is 12.7. The molecule has 2 aliphatic rings. The number of hydrogen-bond acceptors (Lipinski definition) is 4. The molecule has 1 saturated carbocycles. The number of thioether (sulfide) groups is 1. The fourth-order valence-corrected chi connectivity index (χ4v) is 5.78. The number of hydrogen-bond donors (Lipinski definition) is 1. The summed E-state index contributed by atoms with van der Waals surface area (Å²) in [6.07, 6.45) is 3.76. The lowest BCUT2D eigenvalue weighted by molar-refractivity contribution is 0.316. The maximum absolute atomic E-state index is 9.38. The van der Waals surface area contributed by atoms with Crippen LogP contribution in [-0.4, -0.2) is 42.0 Å². The second kappa shape index (κ2) is 7.93. The Hall–Kier alpha value is -1.65. The van der Waals surface area contributed by atoms with Gasteiger partial charge in [-0.2, -0.15) is 0 Å². The number of fused-ring (bicyclic) bond motifs is 1. The predicted octanol–water partition coefficient (Wildman–Crippen LogP) is 4.45. The van der Waals surface area contributed by atoms with Gasteiger partial charge in [-0.15, -0.1) is 11.8 Å². The van der Waals surface area contributed by atoms with Crippen molar-refractivity contribution in [1.82, 2.24) is 4.90 Å². The fraction of sp³-hybridized carbons (Fsp3) is 0.455. The third-order valence-electron chi connectivity index (χ3n) is 5.80. The topological polar surface area (TPSA) is 32.7 Å². The zero-order chi connectivity index (χ0) is 17.9. The minimum absolute atomic E-state index is 0.352. The Morgan fingerprint density at radius 2 is 1.65 bits per heavy atom. The van der Waals surface area contributed by atoms with Crippen LogP contribution in [0.3, 0.4) is 0 Å². The van der Waals surface area contributed by atoms with E-state index in [-0.39, 0.29) is 0 Å². The molecule has 4 heteroatoms. The smallest absolute Gasteiger partial charge is 0.118 e. The molecule has 3 nitrogen and oxygen atoms in total. The van der Waals surface area contributed by atoms with Crippen LogP contribution < -0.4 is 4.74 Å². The molecule has 138 valence electrons. The Bertz CT molecular complexity index is 702. The van der Waals surface area contributed by atoms with Crippen LogP contribution in [0.15, 0.2) is 53.4 Å². The Kier molecular flexibility index (Phi) is 5.41. The third-order valence-corrected chi connectivity index (χ3v) is 7.06. The number of phenols is 1. The summed E-state index contributed by atoms with van der Waals surface area (Å²) in [4.78, 5) is 4.00. The molecule has 1 aliphatic carbocycles. The molecule has 3 atom stereocenters. The summed E-state index contributed by atoms with van der Waals surface area (Å²) < 4.78 is 5.25. The van der Waals surface area contributed by atoms with Crippen LogP contribution in [0, 0.1) is 11.8 Å². The molecule has 2 fully saturated rings. The minimum atomic E-state index is 0.352. The average Bonchev–Trinajstić information content (AvgIpc) is 3.20. The lowest BCUT2D eigenvalue weighted by atomic mass is 10.0. The highest BCUT2D eigenvalue weighted by molar-refractivity contribution is 8.00. The van der Waals surface area contributed by atoms with Crippen molar-refractivity contribution in [3.05, 3.63) is 54.1 Å². The molecule has 1 heterocycles. The van der Waals surface area contributed by atoms with Gasteiger partial charge in [-0.05, 0) is 73.1 Å². The largest absolute Gasteiger partial charge is 0.508 e. The van der Waals surface area contributed by atoms with E-state index in [4.69, 9.17) is 4.74 Å². The van der Waals surface area contributed by atoms with E-state index in [9.17, 15) is 5.11 Å². The molecule has 1 saturated heterocycles. The van der Waals surface area contributed by atoms with Crippen molar-refractivity contribution >= 4 is 11.8 Å². The number of phenolic OH excluding ortho intramolecular Hbond substituents is 1. The van der Waals surface area contributed by atoms with Crippen molar-refractivity contribution in [2.75, 3.05) is 26.7 Å². The minimum Gasteiger partial charge on any atom is -0.508 e. The second-order valence-electron chi connectivity index (χ2n) is 7.58. The maximum Gasteiger partial charge on any atom is 0.118 e. The van der Waals surface area contributed by atoms with E-state index in [1.165, 1.54) is 36.4 Å². The van der Waals surface area contributed by atoms with E-state index in [2.05, 4.69) is 29.2 Å². The summed E-state index contributed by atoms with van der Waals surface area (Å²) in [5.41, 5.74) is 1.31. The van der Waals surface area contributed by atoms with Crippen molar-refractivity contribution in [3.8, 4) is 11.5 Å². The van der Waals surface area contributed by atoms with Gasteiger partial charge in [0.2, 0.25) is 0 Å². The zero-order valence-electron chi connectivity index (χ0n) is 15.3. The van der Waals surface area contributed by atoms with Crippen molar-refractivity contribution < 1.29 is 9.84 Å². The van der Waals surface area contributed by atoms with E-state index in [0.717, 1.165) is 35.8 Å². The van der Waals surface area contributed by atoms with E-state index in [1.807, 2.05) is 23.9 Å². The monoisotopic (exact) mass is 369 g/mol.